The first-order chi connectivity index (χ1) is 12.9. The zero-order valence-electron chi connectivity index (χ0n) is 15.5. The summed E-state index contributed by atoms with van der Waals surface area (Å²) in [5.41, 5.74) is 0.386. The molecule has 1 fully saturated rings. The lowest BCUT2D eigenvalue weighted by molar-refractivity contribution is 0.215. The van der Waals surface area contributed by atoms with Crippen LogP contribution in [-0.4, -0.2) is 62.1 Å². The van der Waals surface area contributed by atoms with Crippen molar-refractivity contribution in [2.45, 2.75) is 25.2 Å². The Labute approximate surface area is 158 Å². The molecular formula is C18H24FN3O4S. The number of hydrogen-bond acceptors (Lipinski definition) is 6. The average molecular weight is 397 g/mol. The Morgan fingerprint density at radius 1 is 1.22 bits per heavy atom. The molecule has 1 aliphatic rings. The Bertz CT molecular complexity index is 865. The van der Waals surface area contributed by atoms with Crippen LogP contribution in [0.3, 0.4) is 0 Å². The third kappa shape index (κ3) is 4.66. The molecule has 0 saturated carbocycles. The summed E-state index contributed by atoms with van der Waals surface area (Å²) < 4.78 is 51.1. The number of nitrogens with zero attached hydrogens (tertiary/aromatic N) is 3. The molecule has 1 aromatic carbocycles. The molecule has 1 aliphatic heterocycles. The molecule has 1 saturated heterocycles. The number of ether oxygens (including phenoxy) is 1. The fourth-order valence-electron chi connectivity index (χ4n) is 3.23. The van der Waals surface area contributed by atoms with E-state index in [0.717, 1.165) is 13.0 Å². The Balaban J connectivity index is 1.56. The fraction of sp³-hybridized carbons (Fsp3) is 0.500. The summed E-state index contributed by atoms with van der Waals surface area (Å²) in [6.45, 7) is 6.54. The SMILES string of the molecule is Cc1noc(C)c1S(=O)(=O)N1CCCN(CCOc2cccc(F)c2)CC1. The van der Waals surface area contributed by atoms with E-state index < -0.39 is 10.0 Å². The van der Waals surface area contributed by atoms with Gasteiger partial charge >= 0.3 is 0 Å². The van der Waals surface area contributed by atoms with Crippen molar-refractivity contribution in [2.24, 2.45) is 0 Å². The highest BCUT2D eigenvalue weighted by Gasteiger charge is 2.32. The van der Waals surface area contributed by atoms with Crippen molar-refractivity contribution in [3.05, 3.63) is 41.5 Å². The van der Waals surface area contributed by atoms with Gasteiger partial charge in [-0.1, -0.05) is 11.2 Å². The number of aromatic nitrogens is 1. The maximum Gasteiger partial charge on any atom is 0.248 e. The van der Waals surface area contributed by atoms with Gasteiger partial charge in [-0.15, -0.1) is 0 Å². The molecule has 0 aliphatic carbocycles. The lowest BCUT2D eigenvalue weighted by Gasteiger charge is -2.21. The molecule has 148 valence electrons. The summed E-state index contributed by atoms with van der Waals surface area (Å²) in [7, 11) is -3.62. The second-order valence-electron chi connectivity index (χ2n) is 6.56. The van der Waals surface area contributed by atoms with Crippen molar-refractivity contribution >= 4 is 10.0 Å². The fourth-order valence-corrected chi connectivity index (χ4v) is 4.99. The van der Waals surface area contributed by atoms with E-state index in [1.54, 1.807) is 26.0 Å². The van der Waals surface area contributed by atoms with Crippen molar-refractivity contribution < 1.29 is 22.1 Å². The van der Waals surface area contributed by atoms with Gasteiger partial charge in [0.25, 0.3) is 0 Å². The van der Waals surface area contributed by atoms with Crippen molar-refractivity contribution in [3.8, 4) is 5.75 Å². The van der Waals surface area contributed by atoms with E-state index in [2.05, 4.69) is 10.1 Å². The molecule has 0 atom stereocenters. The van der Waals surface area contributed by atoms with E-state index in [0.29, 0.717) is 50.0 Å². The van der Waals surface area contributed by atoms with Crippen LogP contribution in [0.1, 0.15) is 17.9 Å². The minimum Gasteiger partial charge on any atom is -0.492 e. The molecule has 9 heteroatoms. The zero-order valence-corrected chi connectivity index (χ0v) is 16.3. The van der Waals surface area contributed by atoms with Crippen LogP contribution in [0, 0.1) is 19.7 Å². The van der Waals surface area contributed by atoms with E-state index >= 15 is 0 Å². The van der Waals surface area contributed by atoms with Crippen LogP contribution >= 0.6 is 0 Å². The molecular weight excluding hydrogens is 373 g/mol. The molecule has 2 aromatic rings. The number of sulfonamides is 1. The molecule has 0 unspecified atom stereocenters. The zero-order chi connectivity index (χ0) is 19.4. The van der Waals surface area contributed by atoms with Crippen molar-refractivity contribution in [1.29, 1.82) is 0 Å². The molecule has 0 spiro atoms. The standard InChI is InChI=1S/C18H24FN3O4S/c1-14-18(15(2)26-20-14)27(23,24)22-8-4-7-21(9-10-22)11-12-25-17-6-3-5-16(19)13-17/h3,5-6,13H,4,7-12H2,1-2H3. The monoisotopic (exact) mass is 397 g/mol. The first kappa shape index (κ1) is 19.8. The first-order valence-electron chi connectivity index (χ1n) is 8.91. The van der Waals surface area contributed by atoms with Crippen LogP contribution in [0.25, 0.3) is 0 Å². The topological polar surface area (TPSA) is 75.9 Å². The maximum absolute atomic E-state index is 13.2. The van der Waals surface area contributed by atoms with Gasteiger partial charge in [0, 0.05) is 32.2 Å². The Hall–Kier alpha value is -1.97. The van der Waals surface area contributed by atoms with Gasteiger partial charge in [-0.2, -0.15) is 4.31 Å². The van der Waals surface area contributed by atoms with E-state index in [4.69, 9.17) is 9.26 Å². The highest BCUT2D eigenvalue weighted by molar-refractivity contribution is 7.89. The van der Waals surface area contributed by atoms with Crippen molar-refractivity contribution in [1.82, 2.24) is 14.4 Å². The number of aryl methyl sites for hydroxylation is 2. The summed E-state index contributed by atoms with van der Waals surface area (Å²) in [4.78, 5) is 2.33. The van der Waals surface area contributed by atoms with E-state index in [-0.39, 0.29) is 10.7 Å². The molecule has 1 aromatic heterocycles. The second kappa shape index (κ2) is 8.37. The highest BCUT2D eigenvalue weighted by Crippen LogP contribution is 2.24. The van der Waals surface area contributed by atoms with Gasteiger partial charge in [0.15, 0.2) is 5.76 Å². The molecule has 0 bridgehead atoms. The normalized spacial score (nSPS) is 17.0. The Kier molecular flexibility index (Phi) is 6.13. The molecule has 3 rings (SSSR count). The van der Waals surface area contributed by atoms with Gasteiger partial charge in [-0.3, -0.25) is 4.90 Å². The largest absolute Gasteiger partial charge is 0.492 e. The predicted octanol–water partition coefficient (Wildman–Crippen LogP) is 2.21. The quantitative estimate of drug-likeness (QED) is 0.744. The summed E-state index contributed by atoms with van der Waals surface area (Å²) in [6.07, 6.45) is 0.725. The van der Waals surface area contributed by atoms with Crippen LogP contribution in [0.5, 0.6) is 5.75 Å². The van der Waals surface area contributed by atoms with Gasteiger partial charge in [-0.25, -0.2) is 12.8 Å². The molecule has 7 nitrogen and oxygen atoms in total. The summed E-state index contributed by atoms with van der Waals surface area (Å²) in [6, 6.07) is 6.04. The Morgan fingerprint density at radius 2 is 2.04 bits per heavy atom. The van der Waals surface area contributed by atoms with Crippen LogP contribution < -0.4 is 4.74 Å². The number of hydrogen-bond donors (Lipinski definition) is 0. The minimum atomic E-state index is -3.62. The van der Waals surface area contributed by atoms with Crippen molar-refractivity contribution in [3.63, 3.8) is 0 Å². The van der Waals surface area contributed by atoms with E-state index in [9.17, 15) is 12.8 Å². The van der Waals surface area contributed by atoms with Crippen LogP contribution in [-0.2, 0) is 10.0 Å². The summed E-state index contributed by atoms with van der Waals surface area (Å²) >= 11 is 0. The van der Waals surface area contributed by atoms with Gasteiger partial charge < -0.3 is 9.26 Å². The Morgan fingerprint density at radius 3 is 2.74 bits per heavy atom. The number of halogens is 1. The van der Waals surface area contributed by atoms with Crippen LogP contribution in [0.4, 0.5) is 4.39 Å². The molecule has 0 radical (unpaired) electrons. The van der Waals surface area contributed by atoms with Gasteiger partial charge in [0.05, 0.1) is 0 Å². The minimum absolute atomic E-state index is 0.172. The lowest BCUT2D eigenvalue weighted by atomic mass is 10.3. The maximum atomic E-state index is 13.2. The van der Waals surface area contributed by atoms with E-state index in [1.165, 1.54) is 16.4 Å². The average Bonchev–Trinajstić information content (AvgIpc) is 2.82. The lowest BCUT2D eigenvalue weighted by Crippen LogP contribution is -2.36. The third-order valence-electron chi connectivity index (χ3n) is 4.59. The summed E-state index contributed by atoms with van der Waals surface area (Å²) in [5.74, 6) is 0.479. The van der Waals surface area contributed by atoms with Crippen LogP contribution in [0.15, 0.2) is 33.7 Å². The number of rotatable bonds is 6. The van der Waals surface area contributed by atoms with Crippen molar-refractivity contribution in [2.75, 3.05) is 39.3 Å². The van der Waals surface area contributed by atoms with Gasteiger partial charge in [0.2, 0.25) is 10.0 Å². The molecule has 0 amide bonds. The second-order valence-corrected chi connectivity index (χ2v) is 8.43. The van der Waals surface area contributed by atoms with Gasteiger partial charge in [-0.05, 0) is 38.9 Å². The molecule has 0 N–H and O–H groups in total. The predicted molar refractivity (Wildman–Crippen MR) is 97.7 cm³/mol. The molecule has 2 heterocycles. The highest BCUT2D eigenvalue weighted by atomic mass is 32.2. The molecule has 27 heavy (non-hydrogen) atoms. The van der Waals surface area contributed by atoms with E-state index in [1.807, 2.05) is 0 Å². The van der Waals surface area contributed by atoms with Gasteiger partial charge in [0.1, 0.15) is 28.8 Å². The van der Waals surface area contributed by atoms with Crippen LogP contribution in [0.2, 0.25) is 0 Å². The smallest absolute Gasteiger partial charge is 0.248 e. The third-order valence-corrected chi connectivity index (χ3v) is 6.73. The number of benzene rings is 1. The summed E-state index contributed by atoms with van der Waals surface area (Å²) in [5, 5.41) is 3.76. The first-order valence-corrected chi connectivity index (χ1v) is 10.4.